The fraction of sp³-hybridized carbons (Fsp3) is 0.682. The van der Waals surface area contributed by atoms with Crippen LogP contribution in [0.1, 0.15) is 66.4 Å². The molecule has 0 aromatic heterocycles. The molecular formula is C22H35NO. The van der Waals surface area contributed by atoms with Gasteiger partial charge < -0.3 is 5.32 Å². The molecule has 1 aromatic carbocycles. The summed E-state index contributed by atoms with van der Waals surface area (Å²) >= 11 is 0. The number of carbonyl (C=O) groups is 1. The van der Waals surface area contributed by atoms with Gasteiger partial charge in [-0.2, -0.15) is 0 Å². The first kappa shape index (κ1) is 19.0. The predicted octanol–water partition coefficient (Wildman–Crippen LogP) is 6.06. The Morgan fingerprint density at radius 2 is 1.50 bits per heavy atom. The summed E-state index contributed by atoms with van der Waals surface area (Å²) in [5.74, 6) is 1.52. The molecule has 0 unspecified atom stereocenters. The van der Waals surface area contributed by atoms with Crippen molar-refractivity contribution in [3.63, 3.8) is 0 Å². The second-order valence-electron chi connectivity index (χ2n) is 9.89. The number of anilines is 1. The Bertz CT molecular complexity index is 554. The fourth-order valence-corrected chi connectivity index (χ4v) is 3.91. The molecule has 1 aromatic rings. The molecule has 0 aliphatic heterocycles. The van der Waals surface area contributed by atoms with Crippen LogP contribution < -0.4 is 5.32 Å². The van der Waals surface area contributed by atoms with Crippen LogP contribution in [0.4, 0.5) is 5.69 Å². The largest absolute Gasteiger partial charge is 0.326 e. The molecule has 1 aliphatic rings. The molecule has 0 spiro atoms. The fourth-order valence-electron chi connectivity index (χ4n) is 3.91. The van der Waals surface area contributed by atoms with Crippen LogP contribution in [-0.2, 0) is 4.79 Å². The zero-order valence-electron chi connectivity index (χ0n) is 16.6. The molecule has 24 heavy (non-hydrogen) atoms. The highest BCUT2D eigenvalue weighted by Crippen LogP contribution is 2.48. The highest BCUT2D eigenvalue weighted by molar-refractivity contribution is 5.92. The zero-order chi connectivity index (χ0) is 18.1. The lowest BCUT2D eigenvalue weighted by Crippen LogP contribution is -2.40. The van der Waals surface area contributed by atoms with E-state index < -0.39 is 0 Å². The molecule has 2 rings (SSSR count). The molecule has 0 bridgehead atoms. The molecule has 1 fully saturated rings. The quantitative estimate of drug-likeness (QED) is 0.702. The summed E-state index contributed by atoms with van der Waals surface area (Å²) in [5, 5.41) is 3.16. The number of carbonyl (C=O) groups excluding carboxylic acids is 1. The van der Waals surface area contributed by atoms with Crippen LogP contribution in [-0.4, -0.2) is 5.91 Å². The van der Waals surface area contributed by atoms with Gasteiger partial charge in [0.2, 0.25) is 5.91 Å². The van der Waals surface area contributed by atoms with E-state index in [1.807, 2.05) is 18.2 Å². The topological polar surface area (TPSA) is 29.1 Å². The standard InChI is InChI=1S/C22H35NO/c1-15-9-8-10-19(11-15)23-20(24)16-12-17(21(2,3)4)14-18(13-16)22(5,6)7/h8-11,16-18H,12-14H2,1-7H3,(H,23,24)/t17-,18-/m0/s1. The SMILES string of the molecule is Cc1cccc(NC(=O)C2C[C@H](C(C)(C)C)C[C@@H](C(C)(C)C)C2)c1. The van der Waals surface area contributed by atoms with Gasteiger partial charge in [0, 0.05) is 11.6 Å². The Labute approximate surface area is 148 Å². The number of nitrogens with one attached hydrogen (secondary N) is 1. The maximum Gasteiger partial charge on any atom is 0.227 e. The van der Waals surface area contributed by atoms with Crippen molar-refractivity contribution in [1.82, 2.24) is 0 Å². The third-order valence-corrected chi connectivity index (χ3v) is 5.81. The summed E-state index contributed by atoms with van der Waals surface area (Å²) in [6.45, 7) is 16.0. The average Bonchev–Trinajstić information content (AvgIpc) is 2.45. The Kier molecular flexibility index (Phi) is 5.47. The van der Waals surface area contributed by atoms with Crippen LogP contribution >= 0.6 is 0 Å². The van der Waals surface area contributed by atoms with Crippen LogP contribution in [0, 0.1) is 35.5 Å². The zero-order valence-corrected chi connectivity index (χ0v) is 16.6. The first-order chi connectivity index (χ1) is 11.0. The number of rotatable bonds is 2. The van der Waals surface area contributed by atoms with Gasteiger partial charge in [0.15, 0.2) is 0 Å². The summed E-state index contributed by atoms with van der Waals surface area (Å²) in [4.78, 5) is 12.9. The minimum atomic E-state index is 0.118. The maximum absolute atomic E-state index is 12.9. The Hall–Kier alpha value is -1.31. The van der Waals surface area contributed by atoms with Gasteiger partial charge in [-0.15, -0.1) is 0 Å². The summed E-state index contributed by atoms with van der Waals surface area (Å²) in [6.07, 6.45) is 3.25. The van der Waals surface area contributed by atoms with Crippen LogP contribution in [0.3, 0.4) is 0 Å². The van der Waals surface area contributed by atoms with E-state index >= 15 is 0 Å². The van der Waals surface area contributed by atoms with Gasteiger partial charge in [-0.1, -0.05) is 53.7 Å². The van der Waals surface area contributed by atoms with Gasteiger partial charge in [0.25, 0.3) is 0 Å². The normalized spacial score (nSPS) is 25.4. The summed E-state index contributed by atoms with van der Waals surface area (Å²) < 4.78 is 0. The Morgan fingerprint density at radius 1 is 0.958 bits per heavy atom. The lowest BCUT2D eigenvalue weighted by molar-refractivity contribution is -0.123. The highest BCUT2D eigenvalue weighted by atomic mass is 16.1. The van der Waals surface area contributed by atoms with Gasteiger partial charge in [0.05, 0.1) is 0 Å². The average molecular weight is 330 g/mol. The van der Waals surface area contributed by atoms with Crippen molar-refractivity contribution in [2.45, 2.75) is 67.7 Å². The molecule has 0 heterocycles. The lowest BCUT2D eigenvalue weighted by atomic mass is 9.60. The van der Waals surface area contributed by atoms with E-state index in [9.17, 15) is 4.79 Å². The van der Waals surface area contributed by atoms with Crippen molar-refractivity contribution in [3.05, 3.63) is 29.8 Å². The van der Waals surface area contributed by atoms with Crippen molar-refractivity contribution < 1.29 is 4.79 Å². The minimum absolute atomic E-state index is 0.118. The second kappa shape index (κ2) is 6.90. The lowest BCUT2D eigenvalue weighted by Gasteiger charge is -2.45. The van der Waals surface area contributed by atoms with Crippen molar-refractivity contribution in [3.8, 4) is 0 Å². The smallest absolute Gasteiger partial charge is 0.227 e. The van der Waals surface area contributed by atoms with Crippen molar-refractivity contribution >= 4 is 11.6 Å². The molecule has 0 radical (unpaired) electrons. The van der Waals surface area contributed by atoms with Gasteiger partial charge >= 0.3 is 0 Å². The molecule has 2 atom stereocenters. The number of benzene rings is 1. The van der Waals surface area contributed by atoms with Crippen LogP contribution in [0.2, 0.25) is 0 Å². The summed E-state index contributed by atoms with van der Waals surface area (Å²) in [7, 11) is 0. The Morgan fingerprint density at radius 3 is 1.96 bits per heavy atom. The van der Waals surface area contributed by atoms with E-state index in [1.165, 1.54) is 12.0 Å². The predicted molar refractivity (Wildman–Crippen MR) is 103 cm³/mol. The molecule has 2 heteroatoms. The number of hydrogen-bond donors (Lipinski definition) is 1. The van der Waals surface area contributed by atoms with Gasteiger partial charge in [-0.25, -0.2) is 0 Å². The Balaban J connectivity index is 2.16. The first-order valence-electron chi connectivity index (χ1n) is 9.34. The van der Waals surface area contributed by atoms with E-state index in [2.05, 4.69) is 59.8 Å². The first-order valence-corrected chi connectivity index (χ1v) is 9.34. The molecule has 1 saturated carbocycles. The molecule has 134 valence electrons. The van der Waals surface area contributed by atoms with Crippen LogP contribution in [0.25, 0.3) is 0 Å². The molecular weight excluding hydrogens is 294 g/mol. The maximum atomic E-state index is 12.9. The monoisotopic (exact) mass is 329 g/mol. The molecule has 1 N–H and O–H groups in total. The van der Waals surface area contributed by atoms with Crippen LogP contribution in [0.15, 0.2) is 24.3 Å². The number of aryl methyl sites for hydroxylation is 1. The minimum Gasteiger partial charge on any atom is -0.326 e. The van der Waals surface area contributed by atoms with E-state index in [4.69, 9.17) is 0 Å². The molecule has 1 aliphatic carbocycles. The van der Waals surface area contributed by atoms with Gasteiger partial charge in [-0.3, -0.25) is 4.79 Å². The highest BCUT2D eigenvalue weighted by Gasteiger charge is 2.41. The van der Waals surface area contributed by atoms with Gasteiger partial charge in [0.1, 0.15) is 0 Å². The second-order valence-corrected chi connectivity index (χ2v) is 9.89. The molecule has 2 nitrogen and oxygen atoms in total. The summed E-state index contributed by atoms with van der Waals surface area (Å²) in [6, 6.07) is 8.09. The van der Waals surface area contributed by atoms with E-state index in [0.29, 0.717) is 11.8 Å². The van der Waals surface area contributed by atoms with Gasteiger partial charge in [-0.05, 0) is 66.5 Å². The molecule has 1 amide bonds. The van der Waals surface area contributed by atoms with Crippen molar-refractivity contribution in [2.24, 2.45) is 28.6 Å². The number of hydrogen-bond acceptors (Lipinski definition) is 1. The van der Waals surface area contributed by atoms with Crippen molar-refractivity contribution in [2.75, 3.05) is 5.32 Å². The van der Waals surface area contributed by atoms with Crippen LogP contribution in [0.5, 0.6) is 0 Å². The summed E-state index contributed by atoms with van der Waals surface area (Å²) in [5.41, 5.74) is 2.61. The number of amides is 1. The van der Waals surface area contributed by atoms with Crippen molar-refractivity contribution in [1.29, 1.82) is 0 Å². The third kappa shape index (κ3) is 4.84. The van der Waals surface area contributed by atoms with E-state index in [1.54, 1.807) is 0 Å². The third-order valence-electron chi connectivity index (χ3n) is 5.81. The van der Waals surface area contributed by atoms with E-state index in [-0.39, 0.29) is 22.7 Å². The van der Waals surface area contributed by atoms with E-state index in [0.717, 1.165) is 18.5 Å². The molecule has 0 saturated heterocycles.